The van der Waals surface area contributed by atoms with Crippen LogP contribution in [0.25, 0.3) is 0 Å². The van der Waals surface area contributed by atoms with E-state index in [1.165, 1.54) is 6.33 Å². The fourth-order valence-corrected chi connectivity index (χ4v) is 0.636. The van der Waals surface area contributed by atoms with E-state index < -0.39 is 0 Å². The van der Waals surface area contributed by atoms with E-state index in [0.717, 1.165) is 13.0 Å². The molecular formula is C6H12N6. The summed E-state index contributed by atoms with van der Waals surface area (Å²) in [4.78, 5) is 11.3. The highest BCUT2D eigenvalue weighted by atomic mass is 15.4. The number of nitrogens with zero attached hydrogens (tertiary/aromatic N) is 3. The van der Waals surface area contributed by atoms with Gasteiger partial charge in [-0.3, -0.25) is 5.43 Å². The number of aromatic nitrogens is 3. The van der Waals surface area contributed by atoms with Gasteiger partial charge in [0.15, 0.2) is 0 Å². The van der Waals surface area contributed by atoms with Crippen LogP contribution in [0.4, 0.5) is 11.9 Å². The van der Waals surface area contributed by atoms with Gasteiger partial charge in [0.1, 0.15) is 6.33 Å². The number of nitrogen functional groups attached to an aromatic ring is 1. The van der Waals surface area contributed by atoms with Crippen LogP contribution in [0.15, 0.2) is 6.33 Å². The molecule has 0 saturated carbocycles. The first kappa shape index (κ1) is 8.66. The summed E-state index contributed by atoms with van der Waals surface area (Å²) in [5, 5.41) is 0. The molecule has 0 aliphatic rings. The molecule has 0 amide bonds. The number of hydrogen-bond acceptors (Lipinski definition) is 6. The van der Waals surface area contributed by atoms with Crippen LogP contribution in [0.2, 0.25) is 0 Å². The fourth-order valence-electron chi connectivity index (χ4n) is 0.636. The van der Waals surface area contributed by atoms with Crippen LogP contribution in [-0.4, -0.2) is 21.5 Å². The van der Waals surface area contributed by atoms with Crippen LogP contribution < -0.4 is 16.6 Å². The SMILES string of the molecule is CCCNNc1ncnc(N)n1. The zero-order valence-corrected chi connectivity index (χ0v) is 6.91. The maximum absolute atomic E-state index is 5.33. The minimum absolute atomic E-state index is 0.214. The molecule has 6 nitrogen and oxygen atoms in total. The molecule has 1 aromatic rings. The second kappa shape index (κ2) is 4.45. The van der Waals surface area contributed by atoms with E-state index >= 15 is 0 Å². The van der Waals surface area contributed by atoms with E-state index in [1.54, 1.807) is 0 Å². The van der Waals surface area contributed by atoms with E-state index in [0.29, 0.717) is 5.95 Å². The second-order valence-corrected chi connectivity index (χ2v) is 2.22. The molecule has 1 heterocycles. The van der Waals surface area contributed by atoms with Gasteiger partial charge in [0.2, 0.25) is 11.9 Å². The predicted octanol–water partition coefficient (Wildman–Crippen LogP) is -0.220. The summed E-state index contributed by atoms with van der Waals surface area (Å²) in [5.41, 5.74) is 11.0. The number of nitrogens with two attached hydrogens (primary N) is 1. The predicted molar refractivity (Wildman–Crippen MR) is 46.2 cm³/mol. The molecule has 0 unspecified atom stereocenters. The lowest BCUT2D eigenvalue weighted by atomic mass is 10.5. The number of anilines is 2. The van der Waals surface area contributed by atoms with Gasteiger partial charge >= 0.3 is 0 Å². The zero-order chi connectivity index (χ0) is 8.81. The van der Waals surface area contributed by atoms with E-state index in [-0.39, 0.29) is 5.95 Å². The van der Waals surface area contributed by atoms with Crippen molar-refractivity contribution in [1.29, 1.82) is 0 Å². The molecule has 0 radical (unpaired) electrons. The topological polar surface area (TPSA) is 88.8 Å². The average molecular weight is 168 g/mol. The van der Waals surface area contributed by atoms with Gasteiger partial charge in [-0.15, -0.1) is 0 Å². The van der Waals surface area contributed by atoms with Crippen molar-refractivity contribution in [3.05, 3.63) is 6.33 Å². The molecule has 66 valence electrons. The minimum atomic E-state index is 0.214. The molecule has 0 aromatic carbocycles. The first-order valence-corrected chi connectivity index (χ1v) is 3.76. The third-order valence-corrected chi connectivity index (χ3v) is 1.17. The van der Waals surface area contributed by atoms with Crippen LogP contribution >= 0.6 is 0 Å². The van der Waals surface area contributed by atoms with Crippen LogP contribution in [0, 0.1) is 0 Å². The Morgan fingerprint density at radius 1 is 1.50 bits per heavy atom. The van der Waals surface area contributed by atoms with E-state index in [9.17, 15) is 0 Å². The first-order valence-electron chi connectivity index (χ1n) is 3.76. The van der Waals surface area contributed by atoms with E-state index in [2.05, 4.69) is 32.7 Å². The molecule has 1 rings (SSSR count). The van der Waals surface area contributed by atoms with Crippen molar-refractivity contribution >= 4 is 11.9 Å². The molecule has 0 fully saturated rings. The van der Waals surface area contributed by atoms with Crippen LogP contribution in [0.3, 0.4) is 0 Å². The minimum Gasteiger partial charge on any atom is -0.368 e. The molecule has 0 aliphatic heterocycles. The molecule has 0 spiro atoms. The molecule has 12 heavy (non-hydrogen) atoms. The van der Waals surface area contributed by atoms with E-state index in [4.69, 9.17) is 5.73 Å². The largest absolute Gasteiger partial charge is 0.368 e. The van der Waals surface area contributed by atoms with Crippen molar-refractivity contribution < 1.29 is 0 Å². The highest BCUT2D eigenvalue weighted by Gasteiger charge is 1.93. The van der Waals surface area contributed by atoms with Crippen molar-refractivity contribution in [2.24, 2.45) is 0 Å². The summed E-state index contributed by atoms with van der Waals surface area (Å²) in [7, 11) is 0. The summed E-state index contributed by atoms with van der Waals surface area (Å²) in [6.45, 7) is 2.92. The number of rotatable bonds is 4. The van der Waals surface area contributed by atoms with Gasteiger partial charge in [-0.25, -0.2) is 15.4 Å². The lowest BCUT2D eigenvalue weighted by Crippen LogP contribution is -2.23. The monoisotopic (exact) mass is 168 g/mol. The van der Waals surface area contributed by atoms with Crippen molar-refractivity contribution in [1.82, 2.24) is 20.4 Å². The summed E-state index contributed by atoms with van der Waals surface area (Å²) in [6, 6.07) is 0. The summed E-state index contributed by atoms with van der Waals surface area (Å²) >= 11 is 0. The summed E-state index contributed by atoms with van der Waals surface area (Å²) in [6.07, 6.45) is 2.39. The first-order chi connectivity index (χ1) is 5.83. The molecule has 0 aliphatic carbocycles. The van der Waals surface area contributed by atoms with Gasteiger partial charge < -0.3 is 5.73 Å². The molecule has 6 heteroatoms. The Labute approximate surface area is 70.6 Å². The normalized spacial score (nSPS) is 9.75. The molecule has 0 bridgehead atoms. The maximum atomic E-state index is 5.33. The smallest absolute Gasteiger partial charge is 0.242 e. The Kier molecular flexibility index (Phi) is 3.21. The number of nitrogens with one attached hydrogen (secondary N) is 2. The van der Waals surface area contributed by atoms with Crippen molar-refractivity contribution in [3.8, 4) is 0 Å². The lowest BCUT2D eigenvalue weighted by molar-refractivity contribution is 0.749. The zero-order valence-electron chi connectivity index (χ0n) is 6.91. The molecule has 0 saturated heterocycles. The highest BCUT2D eigenvalue weighted by Crippen LogP contribution is 1.94. The second-order valence-electron chi connectivity index (χ2n) is 2.22. The number of hydrazine groups is 1. The Morgan fingerprint density at radius 2 is 2.33 bits per heavy atom. The molecular weight excluding hydrogens is 156 g/mol. The molecule has 1 aromatic heterocycles. The van der Waals surface area contributed by atoms with Gasteiger partial charge in [-0.1, -0.05) is 6.92 Å². The number of hydrogen-bond donors (Lipinski definition) is 3. The Morgan fingerprint density at radius 3 is 3.00 bits per heavy atom. The fraction of sp³-hybridized carbons (Fsp3) is 0.500. The van der Waals surface area contributed by atoms with Crippen LogP contribution in [0.1, 0.15) is 13.3 Å². The van der Waals surface area contributed by atoms with Gasteiger partial charge in [0.05, 0.1) is 0 Å². The van der Waals surface area contributed by atoms with Crippen LogP contribution in [-0.2, 0) is 0 Å². The Bertz CT molecular complexity index is 237. The lowest BCUT2D eigenvalue weighted by Gasteiger charge is -2.03. The van der Waals surface area contributed by atoms with Crippen molar-refractivity contribution in [3.63, 3.8) is 0 Å². The van der Waals surface area contributed by atoms with E-state index in [1.807, 2.05) is 0 Å². The Balaban J connectivity index is 2.41. The standard InChI is InChI=1S/C6H12N6/c1-2-3-10-12-6-9-4-8-5(7)11-6/h4,10H,2-3H2,1H3,(H3,7,8,9,11,12). The Hall–Kier alpha value is -1.43. The van der Waals surface area contributed by atoms with Gasteiger partial charge in [-0.05, 0) is 6.42 Å². The molecule has 4 N–H and O–H groups in total. The van der Waals surface area contributed by atoms with Gasteiger partial charge in [-0.2, -0.15) is 4.98 Å². The third kappa shape index (κ3) is 2.67. The molecule has 0 atom stereocenters. The summed E-state index contributed by atoms with van der Waals surface area (Å²) in [5.74, 6) is 0.654. The van der Waals surface area contributed by atoms with Gasteiger partial charge in [0.25, 0.3) is 0 Å². The van der Waals surface area contributed by atoms with Crippen molar-refractivity contribution in [2.45, 2.75) is 13.3 Å². The summed E-state index contributed by atoms with van der Waals surface area (Å²) < 4.78 is 0. The van der Waals surface area contributed by atoms with Gasteiger partial charge in [0, 0.05) is 6.54 Å². The van der Waals surface area contributed by atoms with Crippen LogP contribution in [0.5, 0.6) is 0 Å². The van der Waals surface area contributed by atoms with Crippen molar-refractivity contribution in [2.75, 3.05) is 17.7 Å². The third-order valence-electron chi connectivity index (χ3n) is 1.17. The highest BCUT2D eigenvalue weighted by molar-refractivity contribution is 5.27. The maximum Gasteiger partial charge on any atom is 0.242 e. The quantitative estimate of drug-likeness (QED) is 0.425. The average Bonchev–Trinajstić information content (AvgIpc) is 2.05.